The lowest BCUT2D eigenvalue weighted by atomic mass is 9.91. The van der Waals surface area contributed by atoms with Gasteiger partial charge in [0.15, 0.2) is 0 Å². The van der Waals surface area contributed by atoms with Crippen LogP contribution in [0.2, 0.25) is 39.3 Å². The number of hydrogen-bond donors (Lipinski definition) is 0. The maximum atomic E-state index is 9.70. The summed E-state index contributed by atoms with van der Waals surface area (Å²) >= 11 is 0. The molecule has 0 radical (unpaired) electrons. The van der Waals surface area contributed by atoms with Crippen LogP contribution in [0.25, 0.3) is 32.3 Å². The molecule has 5 heteroatoms. The molecular weight excluding hydrogens is 663 g/mol. The van der Waals surface area contributed by atoms with Gasteiger partial charge in [-0.1, -0.05) is 129 Å². The highest BCUT2D eigenvalue weighted by Gasteiger charge is 2.27. The summed E-state index contributed by atoms with van der Waals surface area (Å²) in [6, 6.07) is 57.4. The van der Waals surface area contributed by atoms with E-state index in [-0.39, 0.29) is 0 Å². The van der Waals surface area contributed by atoms with E-state index in [1.807, 2.05) is 12.1 Å². The topological polar surface area (TPSA) is 30.3 Å². The molecule has 0 atom stereocenters. The van der Waals surface area contributed by atoms with E-state index in [2.05, 4.69) is 195 Å². The molecule has 0 amide bonds. The predicted octanol–water partition coefficient (Wildman–Crippen LogP) is 12.5. The molecule has 0 fully saturated rings. The van der Waals surface area contributed by atoms with E-state index < -0.39 is 16.1 Å². The van der Waals surface area contributed by atoms with Gasteiger partial charge in [-0.25, -0.2) is 0 Å². The lowest BCUT2D eigenvalue weighted by Gasteiger charge is -2.31. The fourth-order valence-corrected chi connectivity index (χ4v) is 9.94. The quantitative estimate of drug-likeness (QED) is 0.116. The molecule has 0 aromatic heterocycles. The van der Waals surface area contributed by atoms with Gasteiger partial charge < -0.3 is 9.80 Å². The summed E-state index contributed by atoms with van der Waals surface area (Å²) in [5.41, 5.74) is 7.41. The Labute approximate surface area is 309 Å². The molecule has 0 aliphatic carbocycles. The first-order valence-electron chi connectivity index (χ1n) is 18.1. The van der Waals surface area contributed by atoms with Crippen molar-refractivity contribution >= 4 is 93.0 Å². The van der Waals surface area contributed by atoms with Crippen LogP contribution >= 0.6 is 0 Å². The molecule has 0 unspecified atom stereocenters. The summed E-state index contributed by atoms with van der Waals surface area (Å²) < 4.78 is 0. The first kappa shape index (κ1) is 33.5. The van der Waals surface area contributed by atoms with E-state index in [0.717, 1.165) is 28.4 Å². The van der Waals surface area contributed by atoms with Gasteiger partial charge in [0.1, 0.15) is 0 Å². The molecule has 0 heterocycles. The summed E-state index contributed by atoms with van der Waals surface area (Å²) in [4.78, 5) is 4.80. The molecule has 0 bridgehead atoms. The number of anilines is 6. The highest BCUT2D eigenvalue weighted by atomic mass is 28.3. The van der Waals surface area contributed by atoms with Crippen molar-refractivity contribution in [1.29, 1.82) is 5.26 Å². The second-order valence-electron chi connectivity index (χ2n) is 15.9. The van der Waals surface area contributed by atoms with E-state index in [1.54, 1.807) is 0 Å². The van der Waals surface area contributed by atoms with Crippen LogP contribution in [-0.4, -0.2) is 16.1 Å². The maximum Gasteiger partial charge on any atom is 0.0991 e. The molecular formula is C47H43N3Si2. The minimum absolute atomic E-state index is 0.659. The molecule has 3 nitrogen and oxygen atoms in total. The molecule has 0 saturated heterocycles. The summed E-state index contributed by atoms with van der Waals surface area (Å²) in [5, 5.41) is 20.0. The minimum atomic E-state index is -1.67. The lowest BCUT2D eigenvalue weighted by molar-refractivity contribution is 1.30. The molecule has 0 N–H and O–H groups in total. The van der Waals surface area contributed by atoms with Crippen LogP contribution in [-0.2, 0) is 0 Å². The Kier molecular flexibility index (Phi) is 8.25. The Morgan fingerprint density at radius 3 is 1.25 bits per heavy atom. The third kappa shape index (κ3) is 5.94. The van der Waals surface area contributed by atoms with Crippen molar-refractivity contribution in [3.8, 4) is 6.07 Å². The maximum absolute atomic E-state index is 9.70. The molecule has 254 valence electrons. The third-order valence-electron chi connectivity index (χ3n) is 10.3. The fraction of sp³-hybridized carbons (Fsp3) is 0.128. The van der Waals surface area contributed by atoms with Crippen LogP contribution in [0.4, 0.5) is 34.1 Å². The second kappa shape index (κ2) is 12.8. The molecule has 0 aliphatic heterocycles. The molecule has 0 spiro atoms. The Morgan fingerprint density at radius 2 is 0.827 bits per heavy atom. The van der Waals surface area contributed by atoms with Crippen molar-refractivity contribution in [2.45, 2.75) is 39.3 Å². The summed E-state index contributed by atoms with van der Waals surface area (Å²) in [6.45, 7) is 14.6. The normalized spacial score (nSPS) is 12.0. The molecule has 52 heavy (non-hydrogen) atoms. The standard InChI is InChI=1S/C47H43N3Si2/c1-51(2,3)40-29-39(30-41(31-40)52(4,5)6)50(38-23-17-33(32-48)18-24-38)45-28-22-35-19-25-42-44(27-21-34-20-26-43(45)47(35)46(34)42)49(36-13-9-7-10-14-36)37-15-11-8-12-16-37/h7-31H,1-6H3. The fourth-order valence-electron chi connectivity index (χ4n) is 7.46. The number of nitriles is 1. The van der Waals surface area contributed by atoms with E-state index in [0.29, 0.717) is 5.56 Å². The first-order valence-corrected chi connectivity index (χ1v) is 25.1. The van der Waals surface area contributed by atoms with E-state index in [9.17, 15) is 5.26 Å². The lowest BCUT2D eigenvalue weighted by Crippen LogP contribution is -2.45. The third-order valence-corrected chi connectivity index (χ3v) is 14.3. The molecule has 0 aliphatic rings. The van der Waals surface area contributed by atoms with Crippen LogP contribution in [0.1, 0.15) is 5.56 Å². The predicted molar refractivity (Wildman–Crippen MR) is 230 cm³/mol. The van der Waals surface area contributed by atoms with Gasteiger partial charge in [0.2, 0.25) is 0 Å². The number of rotatable bonds is 8. The molecule has 0 saturated carbocycles. The number of benzene rings is 8. The van der Waals surface area contributed by atoms with Crippen LogP contribution in [0.5, 0.6) is 0 Å². The van der Waals surface area contributed by atoms with Crippen molar-refractivity contribution in [3.05, 3.63) is 157 Å². The number of para-hydroxylation sites is 2. The second-order valence-corrected chi connectivity index (χ2v) is 26.0. The van der Waals surface area contributed by atoms with Crippen molar-refractivity contribution in [3.63, 3.8) is 0 Å². The van der Waals surface area contributed by atoms with Gasteiger partial charge in [-0.3, -0.25) is 0 Å². The average molecular weight is 706 g/mol. The van der Waals surface area contributed by atoms with Crippen molar-refractivity contribution < 1.29 is 0 Å². The summed E-state index contributed by atoms with van der Waals surface area (Å²) in [5.74, 6) is 0. The van der Waals surface area contributed by atoms with Crippen LogP contribution < -0.4 is 20.2 Å². The monoisotopic (exact) mass is 705 g/mol. The van der Waals surface area contributed by atoms with Gasteiger partial charge >= 0.3 is 0 Å². The van der Waals surface area contributed by atoms with Gasteiger partial charge in [0, 0.05) is 33.5 Å². The molecule has 8 rings (SSSR count). The Morgan fingerprint density at radius 1 is 0.423 bits per heavy atom. The van der Waals surface area contributed by atoms with Gasteiger partial charge in [-0.15, -0.1) is 0 Å². The van der Waals surface area contributed by atoms with Crippen molar-refractivity contribution in [2.24, 2.45) is 0 Å². The van der Waals surface area contributed by atoms with Crippen LogP contribution in [0.15, 0.2) is 152 Å². The Bertz CT molecular complexity index is 2520. The Hall–Kier alpha value is -5.68. The van der Waals surface area contributed by atoms with Crippen molar-refractivity contribution in [2.75, 3.05) is 9.80 Å². The molecule has 8 aromatic rings. The molecule has 8 aromatic carbocycles. The highest BCUT2D eigenvalue weighted by Crippen LogP contribution is 2.47. The van der Waals surface area contributed by atoms with Crippen LogP contribution in [0.3, 0.4) is 0 Å². The van der Waals surface area contributed by atoms with Gasteiger partial charge in [-0.2, -0.15) is 5.26 Å². The van der Waals surface area contributed by atoms with E-state index in [1.165, 1.54) is 48.4 Å². The zero-order valence-electron chi connectivity index (χ0n) is 30.8. The van der Waals surface area contributed by atoms with E-state index in [4.69, 9.17) is 0 Å². The summed E-state index contributed by atoms with van der Waals surface area (Å²) in [6.07, 6.45) is 0. The minimum Gasteiger partial charge on any atom is -0.310 e. The number of nitrogens with zero attached hydrogens (tertiary/aromatic N) is 3. The highest BCUT2D eigenvalue weighted by molar-refractivity contribution is 6.91. The largest absolute Gasteiger partial charge is 0.310 e. The zero-order valence-corrected chi connectivity index (χ0v) is 32.8. The average Bonchev–Trinajstić information content (AvgIpc) is 3.15. The zero-order chi connectivity index (χ0) is 36.2. The first-order chi connectivity index (χ1) is 25.0. The van der Waals surface area contributed by atoms with E-state index >= 15 is 0 Å². The van der Waals surface area contributed by atoms with Gasteiger partial charge in [0.05, 0.1) is 39.2 Å². The SMILES string of the molecule is C[Si](C)(C)c1cc(N(c2ccc(C#N)cc2)c2ccc3ccc4c(N(c5ccccc5)c5ccccc5)ccc5ccc2c3c54)cc([Si](C)(C)C)c1. The van der Waals surface area contributed by atoms with Gasteiger partial charge in [-0.05, 0) is 94.3 Å². The Balaban J connectivity index is 1.42. The van der Waals surface area contributed by atoms with Crippen LogP contribution in [0, 0.1) is 11.3 Å². The van der Waals surface area contributed by atoms with Crippen molar-refractivity contribution in [1.82, 2.24) is 0 Å². The number of hydrogen-bond acceptors (Lipinski definition) is 3. The van der Waals surface area contributed by atoms with Gasteiger partial charge in [0.25, 0.3) is 0 Å². The summed E-state index contributed by atoms with van der Waals surface area (Å²) in [7, 11) is -3.34. The smallest absolute Gasteiger partial charge is 0.0991 e.